The lowest BCUT2D eigenvalue weighted by Crippen LogP contribution is -2.46. The van der Waals surface area contributed by atoms with Crippen LogP contribution in [0.5, 0.6) is 5.75 Å². The van der Waals surface area contributed by atoms with Gasteiger partial charge in [0.05, 0.1) is 17.2 Å². The summed E-state index contributed by atoms with van der Waals surface area (Å²) in [6.07, 6.45) is -6.08. The number of halogens is 4. The summed E-state index contributed by atoms with van der Waals surface area (Å²) < 4.78 is 42.3. The maximum Gasteiger partial charge on any atom is 0.491 e. The lowest BCUT2D eigenvalue weighted by atomic mass is 9.85. The molecule has 1 aliphatic rings. The number of amides is 1. The van der Waals surface area contributed by atoms with Gasteiger partial charge in [-0.25, -0.2) is 4.79 Å². The lowest BCUT2D eigenvalue weighted by Gasteiger charge is -2.36. The number of carbonyl (C=O) groups excluding carboxylic acids is 2. The van der Waals surface area contributed by atoms with Gasteiger partial charge < -0.3 is 25.6 Å². The highest BCUT2D eigenvalue weighted by molar-refractivity contribution is 6.31. The number of hydrogen-bond donors (Lipinski definition) is 3. The van der Waals surface area contributed by atoms with Crippen LogP contribution in [0.1, 0.15) is 30.0 Å². The van der Waals surface area contributed by atoms with E-state index in [0.717, 1.165) is 6.07 Å². The van der Waals surface area contributed by atoms with Gasteiger partial charge in [-0.3, -0.25) is 4.79 Å². The van der Waals surface area contributed by atoms with Crippen LogP contribution in [0.4, 0.5) is 13.2 Å². The fourth-order valence-electron chi connectivity index (χ4n) is 3.18. The first-order valence-electron chi connectivity index (χ1n) is 8.85. The van der Waals surface area contributed by atoms with Crippen molar-refractivity contribution < 1.29 is 37.7 Å². The van der Waals surface area contributed by atoms with Crippen LogP contribution in [-0.4, -0.2) is 59.0 Å². The van der Waals surface area contributed by atoms with Gasteiger partial charge in [0, 0.05) is 30.8 Å². The molecule has 164 valence electrons. The predicted molar refractivity (Wildman–Crippen MR) is 97.2 cm³/mol. The number of hydrogen-bond acceptors (Lipinski definition) is 7. The minimum Gasteiger partial charge on any atom is -0.419 e. The van der Waals surface area contributed by atoms with E-state index < -0.39 is 42.6 Å². The summed E-state index contributed by atoms with van der Waals surface area (Å²) in [7, 11) is 0. The van der Waals surface area contributed by atoms with Gasteiger partial charge in [-0.2, -0.15) is 18.4 Å². The van der Waals surface area contributed by atoms with Crippen LogP contribution >= 0.6 is 11.6 Å². The topological polar surface area (TPSA) is 137 Å². The average molecular weight is 450 g/mol. The highest BCUT2D eigenvalue weighted by atomic mass is 35.5. The fourth-order valence-corrected chi connectivity index (χ4v) is 3.40. The molecule has 0 spiro atoms. The zero-order chi connectivity index (χ0) is 22.6. The monoisotopic (exact) mass is 449 g/mol. The molecule has 0 aliphatic carbocycles. The summed E-state index contributed by atoms with van der Waals surface area (Å²) in [6.45, 7) is -0.304. The number of likely N-dealkylation sites (tertiary alicyclic amines) is 1. The molecule has 30 heavy (non-hydrogen) atoms. The molecular weight excluding hydrogens is 431 g/mol. The number of nitriles is 1. The molecule has 0 aromatic heterocycles. The summed E-state index contributed by atoms with van der Waals surface area (Å²) in [6, 6.07) is 2.92. The van der Waals surface area contributed by atoms with E-state index >= 15 is 0 Å². The second-order valence-electron chi connectivity index (χ2n) is 6.76. The van der Waals surface area contributed by atoms with Crippen molar-refractivity contribution in [3.63, 3.8) is 0 Å². The molecule has 0 radical (unpaired) electrons. The lowest BCUT2D eigenvalue weighted by molar-refractivity contribution is -0.189. The van der Waals surface area contributed by atoms with E-state index in [1.807, 2.05) is 0 Å². The first kappa shape index (κ1) is 23.9. The summed E-state index contributed by atoms with van der Waals surface area (Å²) in [5.41, 5.74) is 6.06. The smallest absolute Gasteiger partial charge is 0.419 e. The van der Waals surface area contributed by atoms with Gasteiger partial charge in [-0.15, -0.1) is 0 Å². The number of nitrogens with two attached hydrogens (primary N) is 1. The van der Waals surface area contributed by atoms with E-state index in [0.29, 0.717) is 12.8 Å². The molecule has 2 atom stereocenters. The van der Waals surface area contributed by atoms with Gasteiger partial charge in [0.1, 0.15) is 11.8 Å². The highest BCUT2D eigenvalue weighted by Gasteiger charge is 2.42. The molecule has 1 saturated heterocycles. The molecule has 1 heterocycles. The predicted octanol–water partition coefficient (Wildman–Crippen LogP) is 1.27. The number of benzene rings is 1. The van der Waals surface area contributed by atoms with Crippen LogP contribution in [0.25, 0.3) is 0 Å². The highest BCUT2D eigenvalue weighted by Crippen LogP contribution is 2.37. The van der Waals surface area contributed by atoms with Crippen molar-refractivity contribution >= 4 is 23.5 Å². The Morgan fingerprint density at radius 1 is 1.37 bits per heavy atom. The van der Waals surface area contributed by atoms with Crippen LogP contribution in [0.15, 0.2) is 12.1 Å². The normalized spacial score (nSPS) is 17.2. The number of rotatable bonds is 5. The standard InChI is InChI=1S/C18H19ClF3N3O5/c19-12-6-11(14(5-10(12)7-23)30-17(29)18(20,21)22)15(24)9-1-3-25(4-2-9)16(28)13(27)8-26/h5-6,9,13,15,26-27H,1-4,8,24H2/t13-,15-/m1/s1. The van der Waals surface area contributed by atoms with Crippen LogP contribution in [0.2, 0.25) is 5.02 Å². The summed E-state index contributed by atoms with van der Waals surface area (Å²) in [4.78, 5) is 24.6. The minimum atomic E-state index is -5.24. The molecule has 1 fully saturated rings. The molecule has 1 aromatic carbocycles. The Morgan fingerprint density at radius 3 is 2.47 bits per heavy atom. The largest absolute Gasteiger partial charge is 0.491 e. The number of esters is 1. The van der Waals surface area contributed by atoms with Crippen LogP contribution < -0.4 is 10.5 Å². The van der Waals surface area contributed by atoms with E-state index in [2.05, 4.69) is 4.74 Å². The molecule has 4 N–H and O–H groups in total. The molecule has 8 nitrogen and oxygen atoms in total. The van der Waals surface area contributed by atoms with Crippen LogP contribution in [0, 0.1) is 17.2 Å². The van der Waals surface area contributed by atoms with Crippen molar-refractivity contribution in [3.05, 3.63) is 28.3 Å². The second kappa shape index (κ2) is 9.61. The van der Waals surface area contributed by atoms with Gasteiger partial charge in [-0.1, -0.05) is 11.6 Å². The van der Waals surface area contributed by atoms with Crippen molar-refractivity contribution in [2.45, 2.75) is 31.2 Å². The number of aliphatic hydroxyl groups excluding tert-OH is 2. The van der Waals surface area contributed by atoms with Crippen LogP contribution in [-0.2, 0) is 9.59 Å². The van der Waals surface area contributed by atoms with E-state index in [1.165, 1.54) is 11.0 Å². The van der Waals surface area contributed by atoms with Gasteiger partial charge in [0.15, 0.2) is 6.10 Å². The number of nitrogens with zero attached hydrogens (tertiary/aromatic N) is 2. The van der Waals surface area contributed by atoms with E-state index in [9.17, 15) is 27.9 Å². The molecule has 0 unspecified atom stereocenters. The molecule has 1 aromatic rings. The molecular formula is C18H19ClF3N3O5. The SMILES string of the molecule is N#Cc1cc(OC(=O)C(F)(F)F)c([C@H](N)C2CCN(C(=O)[C@H](O)CO)CC2)cc1Cl. The minimum absolute atomic E-state index is 0.0248. The van der Waals surface area contributed by atoms with Gasteiger partial charge in [0.2, 0.25) is 0 Å². The van der Waals surface area contributed by atoms with Crippen LogP contribution in [0.3, 0.4) is 0 Å². The maximum atomic E-state index is 12.6. The van der Waals surface area contributed by atoms with Crippen molar-refractivity contribution in [1.82, 2.24) is 4.90 Å². The molecule has 1 aliphatic heterocycles. The van der Waals surface area contributed by atoms with Crippen molar-refractivity contribution in [1.29, 1.82) is 5.26 Å². The molecule has 12 heteroatoms. The van der Waals surface area contributed by atoms with E-state index in [1.54, 1.807) is 6.07 Å². The van der Waals surface area contributed by atoms with E-state index in [-0.39, 0.29) is 35.2 Å². The molecule has 0 bridgehead atoms. The first-order valence-corrected chi connectivity index (χ1v) is 9.23. The number of piperidine rings is 1. The Bertz CT molecular complexity index is 851. The zero-order valence-corrected chi connectivity index (χ0v) is 16.3. The summed E-state index contributed by atoms with van der Waals surface area (Å²) >= 11 is 5.98. The van der Waals surface area contributed by atoms with Crippen molar-refractivity contribution in [2.24, 2.45) is 11.7 Å². The Morgan fingerprint density at radius 2 is 1.97 bits per heavy atom. The maximum absolute atomic E-state index is 12.6. The van der Waals surface area contributed by atoms with Gasteiger partial charge >= 0.3 is 12.1 Å². The molecule has 1 amide bonds. The first-order chi connectivity index (χ1) is 14.0. The van der Waals surface area contributed by atoms with Gasteiger partial charge in [0.25, 0.3) is 5.91 Å². The Hall–Kier alpha value is -2.39. The molecule has 2 rings (SSSR count). The fraction of sp³-hybridized carbons (Fsp3) is 0.500. The Balaban J connectivity index is 2.24. The van der Waals surface area contributed by atoms with Crippen molar-refractivity contribution in [3.8, 4) is 11.8 Å². The number of carbonyl (C=O) groups is 2. The van der Waals surface area contributed by atoms with Crippen molar-refractivity contribution in [2.75, 3.05) is 19.7 Å². The van der Waals surface area contributed by atoms with E-state index in [4.69, 9.17) is 27.7 Å². The quantitative estimate of drug-likeness (QED) is 0.454. The summed E-state index contributed by atoms with van der Waals surface area (Å²) in [5.74, 6) is -3.92. The number of aliphatic hydroxyl groups is 2. The third-order valence-corrected chi connectivity index (χ3v) is 5.14. The zero-order valence-electron chi connectivity index (χ0n) is 15.5. The third-order valence-electron chi connectivity index (χ3n) is 4.83. The third kappa shape index (κ3) is 5.40. The number of alkyl halides is 3. The number of ether oxygens (including phenoxy) is 1. The Labute approximate surface area is 174 Å². The van der Waals surface area contributed by atoms with Gasteiger partial charge in [-0.05, 0) is 24.8 Å². The second-order valence-corrected chi connectivity index (χ2v) is 7.16. The summed E-state index contributed by atoms with van der Waals surface area (Å²) in [5, 5.41) is 27.3. The Kier molecular flexibility index (Phi) is 7.65. The molecule has 0 saturated carbocycles. The average Bonchev–Trinajstić information content (AvgIpc) is 2.72.